The number of nitrogens with zero attached hydrogens (tertiary/aromatic N) is 2. The third kappa shape index (κ3) is 5.23. The first-order chi connectivity index (χ1) is 10.9. The number of benzene rings is 1. The number of carbonyl (C=O) groups excluding carboxylic acids is 2. The first-order valence-corrected chi connectivity index (χ1v) is 7.24. The molecule has 1 aromatic carbocycles. The summed E-state index contributed by atoms with van der Waals surface area (Å²) in [5, 5.41) is 6.70. The minimum absolute atomic E-state index is 0.0972. The number of anilines is 1. The Morgan fingerprint density at radius 2 is 2.00 bits per heavy atom. The quantitative estimate of drug-likeness (QED) is 0.807. The van der Waals surface area contributed by atoms with Gasteiger partial charge in [0.25, 0.3) is 0 Å². The van der Waals surface area contributed by atoms with Crippen LogP contribution in [0.3, 0.4) is 0 Å². The lowest BCUT2D eigenvalue weighted by Gasteiger charge is -2.14. The van der Waals surface area contributed by atoms with Crippen molar-refractivity contribution >= 4 is 17.5 Å². The summed E-state index contributed by atoms with van der Waals surface area (Å²) in [5.74, 6) is 0.179. The maximum Gasteiger partial charge on any atom is 0.248 e. The van der Waals surface area contributed by atoms with Crippen LogP contribution in [0.5, 0.6) is 0 Å². The van der Waals surface area contributed by atoms with Crippen molar-refractivity contribution in [1.29, 1.82) is 0 Å². The Morgan fingerprint density at radius 1 is 1.30 bits per heavy atom. The van der Waals surface area contributed by atoms with Gasteiger partial charge in [0.2, 0.25) is 11.8 Å². The number of rotatable bonds is 7. The highest BCUT2D eigenvalue weighted by Gasteiger charge is 2.08. The van der Waals surface area contributed by atoms with Gasteiger partial charge in [-0.1, -0.05) is 5.16 Å². The lowest BCUT2D eigenvalue weighted by atomic mass is 10.2. The molecule has 1 heterocycles. The van der Waals surface area contributed by atoms with Crippen LogP contribution in [0.25, 0.3) is 0 Å². The van der Waals surface area contributed by atoms with Crippen LogP contribution in [-0.2, 0) is 11.3 Å². The largest absolute Gasteiger partial charge is 0.366 e. The lowest BCUT2D eigenvalue weighted by molar-refractivity contribution is -0.116. The van der Waals surface area contributed by atoms with E-state index < -0.39 is 5.91 Å². The number of amides is 2. The number of hydrogen-bond acceptors (Lipinski definition) is 5. The summed E-state index contributed by atoms with van der Waals surface area (Å²) < 4.78 is 5.01. The van der Waals surface area contributed by atoms with E-state index in [2.05, 4.69) is 10.5 Å². The van der Waals surface area contributed by atoms with Gasteiger partial charge in [-0.15, -0.1) is 0 Å². The Kier molecular flexibility index (Phi) is 5.48. The summed E-state index contributed by atoms with van der Waals surface area (Å²) in [5.41, 5.74) is 7.05. The van der Waals surface area contributed by atoms with E-state index in [0.717, 1.165) is 11.5 Å². The molecule has 0 spiro atoms. The summed E-state index contributed by atoms with van der Waals surface area (Å²) >= 11 is 0. The average molecular weight is 316 g/mol. The van der Waals surface area contributed by atoms with Crippen molar-refractivity contribution in [3.05, 3.63) is 47.3 Å². The van der Waals surface area contributed by atoms with E-state index >= 15 is 0 Å². The molecule has 7 nitrogen and oxygen atoms in total. The fraction of sp³-hybridized carbons (Fsp3) is 0.312. The van der Waals surface area contributed by atoms with Crippen LogP contribution >= 0.6 is 0 Å². The van der Waals surface area contributed by atoms with Gasteiger partial charge in [0.1, 0.15) is 5.76 Å². The molecule has 0 saturated heterocycles. The maximum atomic E-state index is 11.9. The molecule has 122 valence electrons. The fourth-order valence-electron chi connectivity index (χ4n) is 2.08. The topological polar surface area (TPSA) is 101 Å². The van der Waals surface area contributed by atoms with Crippen molar-refractivity contribution in [2.75, 3.05) is 18.9 Å². The maximum absolute atomic E-state index is 11.9. The lowest BCUT2D eigenvalue weighted by Crippen LogP contribution is -2.24. The van der Waals surface area contributed by atoms with Crippen molar-refractivity contribution in [2.24, 2.45) is 5.73 Å². The molecule has 23 heavy (non-hydrogen) atoms. The van der Waals surface area contributed by atoms with Gasteiger partial charge in [-0.05, 0) is 38.2 Å². The number of hydrogen-bond donors (Lipinski definition) is 2. The minimum atomic E-state index is -0.493. The van der Waals surface area contributed by atoms with Gasteiger partial charge >= 0.3 is 0 Å². The highest BCUT2D eigenvalue weighted by Crippen LogP contribution is 2.10. The van der Waals surface area contributed by atoms with E-state index in [1.807, 2.05) is 24.9 Å². The fourth-order valence-corrected chi connectivity index (χ4v) is 2.08. The molecule has 2 rings (SSSR count). The number of primary amides is 1. The molecule has 3 N–H and O–H groups in total. The predicted octanol–water partition coefficient (Wildman–Crippen LogP) is 1.54. The van der Waals surface area contributed by atoms with Crippen molar-refractivity contribution in [3.8, 4) is 0 Å². The molecular formula is C16H20N4O3. The second-order valence-corrected chi connectivity index (χ2v) is 5.41. The van der Waals surface area contributed by atoms with Crippen molar-refractivity contribution in [2.45, 2.75) is 19.9 Å². The normalized spacial score (nSPS) is 10.7. The molecule has 0 aliphatic carbocycles. The third-order valence-electron chi connectivity index (χ3n) is 3.28. The van der Waals surface area contributed by atoms with Crippen LogP contribution in [-0.4, -0.2) is 35.5 Å². The summed E-state index contributed by atoms with van der Waals surface area (Å²) in [6, 6.07) is 8.34. The Hall–Kier alpha value is -2.67. The third-order valence-corrected chi connectivity index (χ3v) is 3.28. The van der Waals surface area contributed by atoms with Gasteiger partial charge in [0.15, 0.2) is 0 Å². The van der Waals surface area contributed by atoms with Gasteiger partial charge < -0.3 is 15.6 Å². The zero-order valence-corrected chi connectivity index (χ0v) is 13.2. The van der Waals surface area contributed by atoms with Gasteiger partial charge in [0, 0.05) is 36.8 Å². The number of aromatic nitrogens is 1. The Morgan fingerprint density at radius 3 is 2.57 bits per heavy atom. The summed E-state index contributed by atoms with van der Waals surface area (Å²) in [4.78, 5) is 24.9. The predicted molar refractivity (Wildman–Crippen MR) is 85.8 cm³/mol. The first-order valence-electron chi connectivity index (χ1n) is 7.24. The molecule has 0 unspecified atom stereocenters. The Bertz CT molecular complexity index is 679. The summed E-state index contributed by atoms with van der Waals surface area (Å²) in [7, 11) is 1.92. The van der Waals surface area contributed by atoms with Gasteiger partial charge in [-0.2, -0.15) is 0 Å². The van der Waals surface area contributed by atoms with E-state index in [9.17, 15) is 9.59 Å². The molecular weight excluding hydrogens is 296 g/mol. The Labute approximate surface area is 134 Å². The van der Waals surface area contributed by atoms with Crippen LogP contribution in [0.2, 0.25) is 0 Å². The second kappa shape index (κ2) is 7.55. The molecule has 2 amide bonds. The van der Waals surface area contributed by atoms with Gasteiger partial charge in [-0.25, -0.2) is 0 Å². The van der Waals surface area contributed by atoms with Crippen LogP contribution in [0, 0.1) is 6.92 Å². The van der Waals surface area contributed by atoms with Gasteiger partial charge in [-0.3, -0.25) is 14.5 Å². The molecule has 0 radical (unpaired) electrons. The Balaban J connectivity index is 1.77. The summed E-state index contributed by atoms with van der Waals surface area (Å²) in [6.45, 7) is 3.06. The molecule has 1 aromatic heterocycles. The van der Waals surface area contributed by atoms with E-state index in [1.165, 1.54) is 0 Å². The average Bonchev–Trinajstić information content (AvgIpc) is 2.91. The molecule has 0 aliphatic rings. The molecule has 7 heteroatoms. The van der Waals surface area contributed by atoms with Crippen LogP contribution in [0.4, 0.5) is 5.69 Å². The van der Waals surface area contributed by atoms with Crippen LogP contribution < -0.4 is 11.1 Å². The summed E-state index contributed by atoms with van der Waals surface area (Å²) in [6.07, 6.45) is 0.352. The van der Waals surface area contributed by atoms with Crippen LogP contribution in [0.15, 0.2) is 34.9 Å². The second-order valence-electron chi connectivity index (χ2n) is 5.41. The number of carbonyl (C=O) groups is 2. The van der Waals surface area contributed by atoms with E-state index in [0.29, 0.717) is 30.8 Å². The molecule has 0 atom stereocenters. The smallest absolute Gasteiger partial charge is 0.248 e. The number of nitrogens with two attached hydrogens (primary N) is 1. The molecule has 2 aromatic rings. The molecule has 0 bridgehead atoms. The first kappa shape index (κ1) is 16.7. The standard InChI is InChI=1S/C16H20N4O3/c1-11-9-14(19-23-11)10-20(2)8-7-15(21)18-13-5-3-12(4-6-13)16(17)22/h3-6,9H,7-8,10H2,1-2H3,(H2,17,22)(H,18,21). The molecule has 0 aliphatic heterocycles. The monoisotopic (exact) mass is 316 g/mol. The zero-order chi connectivity index (χ0) is 16.8. The van der Waals surface area contributed by atoms with Crippen molar-refractivity contribution < 1.29 is 14.1 Å². The zero-order valence-electron chi connectivity index (χ0n) is 13.2. The highest BCUT2D eigenvalue weighted by molar-refractivity contribution is 5.94. The minimum Gasteiger partial charge on any atom is -0.366 e. The molecule has 0 saturated carbocycles. The van der Waals surface area contributed by atoms with E-state index in [-0.39, 0.29) is 5.91 Å². The number of nitrogens with one attached hydrogen (secondary N) is 1. The van der Waals surface area contributed by atoms with Crippen molar-refractivity contribution in [1.82, 2.24) is 10.1 Å². The van der Waals surface area contributed by atoms with E-state index in [1.54, 1.807) is 24.3 Å². The SMILES string of the molecule is Cc1cc(CN(C)CCC(=O)Nc2ccc(C(N)=O)cc2)no1. The number of aryl methyl sites for hydroxylation is 1. The van der Waals surface area contributed by atoms with Gasteiger partial charge in [0.05, 0.1) is 5.69 Å². The highest BCUT2D eigenvalue weighted by atomic mass is 16.5. The van der Waals surface area contributed by atoms with Crippen molar-refractivity contribution in [3.63, 3.8) is 0 Å². The van der Waals surface area contributed by atoms with Crippen LogP contribution in [0.1, 0.15) is 28.2 Å². The molecule has 0 fully saturated rings. The van der Waals surface area contributed by atoms with E-state index in [4.69, 9.17) is 10.3 Å².